The van der Waals surface area contributed by atoms with Crippen LogP contribution in [0.1, 0.15) is 40.5 Å². The van der Waals surface area contributed by atoms with E-state index in [0.29, 0.717) is 12.5 Å². The van der Waals surface area contributed by atoms with Crippen molar-refractivity contribution in [2.45, 2.75) is 63.2 Å². The van der Waals surface area contributed by atoms with E-state index < -0.39 is 9.84 Å². The first-order valence-electron chi connectivity index (χ1n) is 8.13. The summed E-state index contributed by atoms with van der Waals surface area (Å²) in [6, 6.07) is 0. The maximum atomic E-state index is 11.5. The molecule has 0 aromatic carbocycles. The van der Waals surface area contributed by atoms with Crippen LogP contribution in [0.4, 0.5) is 0 Å². The van der Waals surface area contributed by atoms with Crippen LogP contribution in [0.3, 0.4) is 0 Å². The Labute approximate surface area is 140 Å². The van der Waals surface area contributed by atoms with E-state index in [9.17, 15) is 8.42 Å². The van der Waals surface area contributed by atoms with Crippen molar-refractivity contribution in [2.24, 2.45) is 11.8 Å². The first-order chi connectivity index (χ1) is 10.2. The van der Waals surface area contributed by atoms with E-state index >= 15 is 0 Å². The zero-order chi connectivity index (χ0) is 16.9. The summed E-state index contributed by atoms with van der Waals surface area (Å²) in [7, 11) is 0.537. The zero-order valence-electron chi connectivity index (χ0n) is 14.7. The third-order valence-corrected chi connectivity index (χ3v) is 8.65. The van der Waals surface area contributed by atoms with Crippen LogP contribution in [-0.2, 0) is 19.3 Å². The van der Waals surface area contributed by atoms with Crippen LogP contribution in [0, 0.1) is 11.8 Å². The van der Waals surface area contributed by atoms with E-state index in [1.165, 1.54) is 12.2 Å². The van der Waals surface area contributed by atoms with Crippen molar-refractivity contribution < 1.29 is 17.9 Å². The molecule has 4 nitrogen and oxygen atoms in total. The molecular formula is C16H32O4S2. The summed E-state index contributed by atoms with van der Waals surface area (Å²) >= 11 is 2.06. The van der Waals surface area contributed by atoms with Gasteiger partial charge >= 0.3 is 0 Å². The molecule has 0 amide bonds. The Morgan fingerprint density at radius 2 is 1.55 bits per heavy atom. The van der Waals surface area contributed by atoms with E-state index in [2.05, 4.69) is 25.6 Å². The smallest absolute Gasteiger partial charge is 0.156 e. The summed E-state index contributed by atoms with van der Waals surface area (Å²) < 4.78 is 33.5. The Kier molecular flexibility index (Phi) is 8.20. The topological polar surface area (TPSA) is 52.6 Å². The predicted octanol–water partition coefficient (Wildman–Crippen LogP) is 3.01. The van der Waals surface area contributed by atoms with Crippen molar-refractivity contribution in [1.29, 1.82) is 0 Å². The lowest BCUT2D eigenvalue weighted by Crippen LogP contribution is -2.32. The summed E-state index contributed by atoms with van der Waals surface area (Å²) in [5.74, 6) is 2.48. The molecule has 6 heteroatoms. The minimum Gasteiger partial charge on any atom is -0.380 e. The van der Waals surface area contributed by atoms with Crippen molar-refractivity contribution in [2.75, 3.05) is 25.7 Å². The van der Waals surface area contributed by atoms with E-state index in [1.54, 1.807) is 7.11 Å². The number of ether oxygens (including phenoxy) is 2. The highest BCUT2D eigenvalue weighted by Gasteiger charge is 2.42. The molecule has 0 unspecified atom stereocenters. The highest BCUT2D eigenvalue weighted by atomic mass is 32.2. The average molecular weight is 353 g/mol. The standard InChI is InChI=1S/C8H16O3S.C8H16OS/c1-6(2)8-7(11-3)4-5-12(8,9)10;1-6(2)8-7(9-3)4-5-10-8/h6-8H,4-5H2,1-3H3;6-8H,4-5H2,1-3H3/t2*7-,8-/m01/s1. The fraction of sp³-hybridized carbons (Fsp3) is 1.00. The number of hydrogen-bond acceptors (Lipinski definition) is 5. The minimum atomic E-state index is -2.87. The van der Waals surface area contributed by atoms with Crippen LogP contribution in [0.5, 0.6) is 0 Å². The van der Waals surface area contributed by atoms with E-state index in [4.69, 9.17) is 9.47 Å². The summed E-state index contributed by atoms with van der Waals surface area (Å²) in [5, 5.41) is 0.451. The molecule has 0 spiro atoms. The fourth-order valence-corrected chi connectivity index (χ4v) is 7.23. The van der Waals surface area contributed by atoms with Gasteiger partial charge in [0.05, 0.1) is 23.2 Å². The highest BCUT2D eigenvalue weighted by molar-refractivity contribution is 8.00. The normalized spacial score (nSPS) is 34.0. The van der Waals surface area contributed by atoms with Gasteiger partial charge in [-0.25, -0.2) is 8.42 Å². The van der Waals surface area contributed by atoms with Crippen LogP contribution in [0.15, 0.2) is 0 Å². The molecule has 2 rings (SSSR count). The Hall–Kier alpha value is 0.220. The summed E-state index contributed by atoms with van der Waals surface area (Å²) in [5.41, 5.74) is 0. The number of hydrogen-bond donors (Lipinski definition) is 0. The zero-order valence-corrected chi connectivity index (χ0v) is 16.4. The number of sulfone groups is 1. The van der Waals surface area contributed by atoms with Gasteiger partial charge in [0.15, 0.2) is 9.84 Å². The fourth-order valence-electron chi connectivity index (χ4n) is 3.37. The van der Waals surface area contributed by atoms with Crippen molar-refractivity contribution in [1.82, 2.24) is 0 Å². The van der Waals surface area contributed by atoms with Crippen molar-refractivity contribution in [3.63, 3.8) is 0 Å². The summed E-state index contributed by atoms with van der Waals surface area (Å²) in [6.45, 7) is 8.41. The number of rotatable bonds is 4. The summed E-state index contributed by atoms with van der Waals surface area (Å²) in [6.07, 6.45) is 2.33. The van der Waals surface area contributed by atoms with Gasteiger partial charge in [-0.1, -0.05) is 27.7 Å². The molecule has 0 N–H and O–H groups in total. The van der Waals surface area contributed by atoms with E-state index in [0.717, 1.165) is 11.2 Å². The molecule has 0 saturated carbocycles. The minimum absolute atomic E-state index is 0.0880. The molecule has 22 heavy (non-hydrogen) atoms. The Balaban J connectivity index is 0.000000224. The highest BCUT2D eigenvalue weighted by Crippen LogP contribution is 2.33. The number of thioether (sulfide) groups is 1. The van der Waals surface area contributed by atoms with Gasteiger partial charge in [0.1, 0.15) is 0 Å². The van der Waals surface area contributed by atoms with Crippen molar-refractivity contribution in [3.05, 3.63) is 0 Å². The van der Waals surface area contributed by atoms with Crippen molar-refractivity contribution >= 4 is 21.6 Å². The third-order valence-electron chi connectivity index (χ3n) is 4.47. The molecule has 2 aliphatic heterocycles. The first kappa shape index (κ1) is 20.3. The predicted molar refractivity (Wildman–Crippen MR) is 94.3 cm³/mol. The molecular weight excluding hydrogens is 320 g/mol. The van der Waals surface area contributed by atoms with Gasteiger partial charge in [-0.3, -0.25) is 0 Å². The molecule has 0 aromatic rings. The second kappa shape index (κ2) is 8.90. The van der Waals surface area contributed by atoms with Gasteiger partial charge in [0.2, 0.25) is 0 Å². The van der Waals surface area contributed by atoms with Crippen LogP contribution in [0.2, 0.25) is 0 Å². The van der Waals surface area contributed by atoms with Gasteiger partial charge in [0, 0.05) is 19.5 Å². The number of methoxy groups -OCH3 is 2. The van der Waals surface area contributed by atoms with Crippen LogP contribution >= 0.6 is 11.8 Å². The van der Waals surface area contributed by atoms with E-state index in [-0.39, 0.29) is 23.0 Å². The molecule has 4 atom stereocenters. The molecule has 2 fully saturated rings. The quantitative estimate of drug-likeness (QED) is 0.778. The van der Waals surface area contributed by atoms with Gasteiger partial charge in [-0.15, -0.1) is 0 Å². The lowest BCUT2D eigenvalue weighted by atomic mass is 10.0. The van der Waals surface area contributed by atoms with Gasteiger partial charge < -0.3 is 9.47 Å². The second-order valence-electron chi connectivity index (χ2n) is 6.78. The van der Waals surface area contributed by atoms with Crippen LogP contribution in [-0.4, -0.2) is 56.9 Å². The third kappa shape index (κ3) is 5.11. The molecule has 132 valence electrons. The lowest BCUT2D eigenvalue weighted by Gasteiger charge is -2.20. The van der Waals surface area contributed by atoms with E-state index in [1.807, 2.05) is 21.0 Å². The lowest BCUT2D eigenvalue weighted by molar-refractivity contribution is 0.0930. The average Bonchev–Trinajstić information content (AvgIpc) is 3.02. The van der Waals surface area contributed by atoms with Crippen LogP contribution in [0.25, 0.3) is 0 Å². The Morgan fingerprint density at radius 3 is 1.91 bits per heavy atom. The molecule has 0 aliphatic carbocycles. The molecule has 0 aromatic heterocycles. The van der Waals surface area contributed by atoms with Gasteiger partial charge in [-0.2, -0.15) is 11.8 Å². The maximum Gasteiger partial charge on any atom is 0.156 e. The molecule has 0 bridgehead atoms. The largest absolute Gasteiger partial charge is 0.380 e. The molecule has 2 aliphatic rings. The first-order valence-corrected chi connectivity index (χ1v) is 10.9. The second-order valence-corrected chi connectivity index (χ2v) is 10.3. The molecule has 2 saturated heterocycles. The Bertz CT molecular complexity index is 420. The monoisotopic (exact) mass is 352 g/mol. The Morgan fingerprint density at radius 1 is 0.955 bits per heavy atom. The summed E-state index contributed by atoms with van der Waals surface area (Å²) in [4.78, 5) is 0. The molecule has 0 radical (unpaired) electrons. The SMILES string of the molecule is CO[C@@H]1CCS[C@@H]1C(C)C.CO[C@H]1CCS(=O)(=O)[C@H]1C(C)C. The maximum absolute atomic E-state index is 11.5. The van der Waals surface area contributed by atoms with Crippen LogP contribution < -0.4 is 0 Å². The van der Waals surface area contributed by atoms with Gasteiger partial charge in [-0.05, 0) is 30.4 Å². The van der Waals surface area contributed by atoms with Crippen molar-refractivity contribution in [3.8, 4) is 0 Å². The van der Waals surface area contributed by atoms with Gasteiger partial charge in [0.25, 0.3) is 0 Å². The molecule has 2 heterocycles.